The standard InChI is InChI=1S/C13H12Cl3N3S/c1-2-5-17-13-18-7-11(16)12(19-13)20-8-3-4-9(14)10(15)6-8/h3-4,6-7H,2,5H2,1H3,(H,17,18,19). The van der Waals surface area contributed by atoms with Gasteiger partial charge in [-0.05, 0) is 24.6 Å². The molecule has 0 aliphatic heterocycles. The fourth-order valence-corrected chi connectivity index (χ4v) is 2.79. The highest BCUT2D eigenvalue weighted by Crippen LogP contribution is 2.34. The number of aromatic nitrogens is 2. The Morgan fingerprint density at radius 2 is 1.95 bits per heavy atom. The number of nitrogens with one attached hydrogen (secondary N) is 1. The van der Waals surface area contributed by atoms with Crippen molar-refractivity contribution in [1.29, 1.82) is 0 Å². The number of rotatable bonds is 5. The summed E-state index contributed by atoms with van der Waals surface area (Å²) in [5.74, 6) is 0.568. The van der Waals surface area contributed by atoms with Crippen LogP contribution >= 0.6 is 46.6 Å². The Bertz CT molecular complexity index is 607. The molecule has 2 aromatic rings. The van der Waals surface area contributed by atoms with E-state index >= 15 is 0 Å². The summed E-state index contributed by atoms with van der Waals surface area (Å²) in [4.78, 5) is 9.44. The van der Waals surface area contributed by atoms with Gasteiger partial charge in [-0.25, -0.2) is 9.97 Å². The van der Waals surface area contributed by atoms with Gasteiger partial charge in [0.2, 0.25) is 5.95 Å². The maximum Gasteiger partial charge on any atom is 0.223 e. The van der Waals surface area contributed by atoms with Gasteiger partial charge in [0, 0.05) is 11.4 Å². The molecule has 1 aromatic carbocycles. The van der Waals surface area contributed by atoms with Gasteiger partial charge in [0.25, 0.3) is 0 Å². The quantitative estimate of drug-likeness (QED) is 0.733. The van der Waals surface area contributed by atoms with Crippen LogP contribution in [0.5, 0.6) is 0 Å². The molecule has 1 heterocycles. The Morgan fingerprint density at radius 3 is 2.65 bits per heavy atom. The molecule has 0 saturated heterocycles. The van der Waals surface area contributed by atoms with Crippen LogP contribution in [0.1, 0.15) is 13.3 Å². The third kappa shape index (κ3) is 4.16. The second kappa shape index (κ2) is 7.36. The molecule has 0 fully saturated rings. The number of hydrogen-bond donors (Lipinski definition) is 1. The second-order valence-electron chi connectivity index (χ2n) is 3.95. The maximum absolute atomic E-state index is 6.12. The van der Waals surface area contributed by atoms with Crippen molar-refractivity contribution < 1.29 is 0 Å². The highest BCUT2D eigenvalue weighted by atomic mass is 35.5. The number of benzene rings is 1. The van der Waals surface area contributed by atoms with E-state index in [2.05, 4.69) is 22.2 Å². The minimum Gasteiger partial charge on any atom is -0.354 e. The molecular formula is C13H12Cl3N3S. The molecule has 0 aliphatic rings. The monoisotopic (exact) mass is 347 g/mol. The first-order chi connectivity index (χ1) is 9.60. The van der Waals surface area contributed by atoms with Gasteiger partial charge in [0.1, 0.15) is 5.03 Å². The predicted molar refractivity (Wildman–Crippen MR) is 86.4 cm³/mol. The smallest absolute Gasteiger partial charge is 0.223 e. The molecule has 106 valence electrons. The molecule has 0 atom stereocenters. The summed E-state index contributed by atoms with van der Waals surface area (Å²) in [5.41, 5.74) is 0. The molecule has 0 radical (unpaired) electrons. The van der Waals surface area contributed by atoms with Crippen LogP contribution in [0, 0.1) is 0 Å². The number of halogens is 3. The average molecular weight is 349 g/mol. The van der Waals surface area contributed by atoms with Crippen LogP contribution in [-0.2, 0) is 0 Å². The fraction of sp³-hybridized carbons (Fsp3) is 0.231. The van der Waals surface area contributed by atoms with Crippen molar-refractivity contribution in [2.75, 3.05) is 11.9 Å². The van der Waals surface area contributed by atoms with Crippen LogP contribution in [0.4, 0.5) is 5.95 Å². The first-order valence-corrected chi connectivity index (χ1v) is 7.94. The van der Waals surface area contributed by atoms with Crippen LogP contribution in [0.2, 0.25) is 15.1 Å². The van der Waals surface area contributed by atoms with Crippen molar-refractivity contribution in [2.24, 2.45) is 0 Å². The first kappa shape index (κ1) is 15.7. The van der Waals surface area contributed by atoms with Crippen LogP contribution in [0.3, 0.4) is 0 Å². The Balaban J connectivity index is 2.20. The molecule has 3 nitrogen and oxygen atoms in total. The van der Waals surface area contributed by atoms with E-state index in [1.54, 1.807) is 18.3 Å². The van der Waals surface area contributed by atoms with Gasteiger partial charge in [-0.15, -0.1) is 0 Å². The number of hydrogen-bond acceptors (Lipinski definition) is 4. The van der Waals surface area contributed by atoms with Crippen molar-refractivity contribution in [3.63, 3.8) is 0 Å². The third-order valence-electron chi connectivity index (χ3n) is 2.35. The van der Waals surface area contributed by atoms with E-state index in [0.717, 1.165) is 17.9 Å². The van der Waals surface area contributed by atoms with Gasteiger partial charge in [0.05, 0.1) is 21.3 Å². The largest absolute Gasteiger partial charge is 0.354 e. The van der Waals surface area contributed by atoms with Gasteiger partial charge in [0.15, 0.2) is 0 Å². The maximum atomic E-state index is 6.12. The summed E-state index contributed by atoms with van der Waals surface area (Å²) < 4.78 is 0. The zero-order valence-electron chi connectivity index (χ0n) is 10.7. The number of nitrogens with zero attached hydrogens (tertiary/aromatic N) is 2. The molecule has 0 aliphatic carbocycles. The zero-order valence-corrected chi connectivity index (χ0v) is 13.7. The lowest BCUT2D eigenvalue weighted by atomic mass is 10.4. The molecule has 0 spiro atoms. The van der Waals surface area contributed by atoms with Crippen LogP contribution in [0.15, 0.2) is 34.3 Å². The second-order valence-corrected chi connectivity index (χ2v) is 6.24. The van der Waals surface area contributed by atoms with E-state index in [0.29, 0.717) is 26.0 Å². The summed E-state index contributed by atoms with van der Waals surface area (Å²) in [5, 5.41) is 5.34. The Hall–Kier alpha value is -0.680. The normalized spacial score (nSPS) is 10.6. The minimum absolute atomic E-state index is 0.503. The van der Waals surface area contributed by atoms with Gasteiger partial charge in [-0.3, -0.25) is 0 Å². The van der Waals surface area contributed by atoms with E-state index in [1.165, 1.54) is 11.8 Å². The van der Waals surface area contributed by atoms with Gasteiger partial charge >= 0.3 is 0 Å². The molecule has 7 heteroatoms. The summed E-state index contributed by atoms with van der Waals surface area (Å²) >= 11 is 19.4. The Labute approximate surface area is 137 Å². The lowest BCUT2D eigenvalue weighted by Gasteiger charge is -2.07. The van der Waals surface area contributed by atoms with E-state index in [1.807, 2.05) is 6.07 Å². The SMILES string of the molecule is CCCNc1ncc(Cl)c(Sc2ccc(Cl)c(Cl)c2)n1. The lowest BCUT2D eigenvalue weighted by Crippen LogP contribution is -2.04. The van der Waals surface area contributed by atoms with E-state index in [9.17, 15) is 0 Å². The van der Waals surface area contributed by atoms with E-state index < -0.39 is 0 Å². The topological polar surface area (TPSA) is 37.8 Å². The molecular weight excluding hydrogens is 337 g/mol. The molecule has 2 rings (SSSR count). The van der Waals surface area contributed by atoms with E-state index in [4.69, 9.17) is 34.8 Å². The number of anilines is 1. The zero-order chi connectivity index (χ0) is 14.5. The molecule has 20 heavy (non-hydrogen) atoms. The summed E-state index contributed by atoms with van der Waals surface area (Å²) in [6.45, 7) is 2.90. The van der Waals surface area contributed by atoms with Crippen molar-refractivity contribution >= 4 is 52.5 Å². The summed E-state index contributed by atoms with van der Waals surface area (Å²) in [6.07, 6.45) is 2.59. The lowest BCUT2D eigenvalue weighted by molar-refractivity contribution is 0.935. The van der Waals surface area contributed by atoms with Gasteiger partial charge in [-0.1, -0.05) is 53.5 Å². The van der Waals surface area contributed by atoms with Gasteiger partial charge in [-0.2, -0.15) is 0 Å². The summed E-state index contributed by atoms with van der Waals surface area (Å²) in [7, 11) is 0. The average Bonchev–Trinajstić information content (AvgIpc) is 2.44. The molecule has 1 N–H and O–H groups in total. The Morgan fingerprint density at radius 1 is 1.15 bits per heavy atom. The van der Waals surface area contributed by atoms with Crippen molar-refractivity contribution in [1.82, 2.24) is 9.97 Å². The van der Waals surface area contributed by atoms with Crippen molar-refractivity contribution in [3.8, 4) is 0 Å². The molecule has 0 unspecified atom stereocenters. The Kier molecular flexibility index (Phi) is 5.78. The van der Waals surface area contributed by atoms with E-state index in [-0.39, 0.29) is 0 Å². The predicted octanol–water partition coefficient (Wildman–Crippen LogP) is 5.41. The molecule has 0 saturated carbocycles. The van der Waals surface area contributed by atoms with Crippen LogP contribution in [0.25, 0.3) is 0 Å². The van der Waals surface area contributed by atoms with Crippen LogP contribution in [-0.4, -0.2) is 16.5 Å². The molecule has 0 bridgehead atoms. The van der Waals surface area contributed by atoms with Crippen LogP contribution < -0.4 is 5.32 Å². The third-order valence-corrected chi connectivity index (χ3v) is 4.47. The fourth-order valence-electron chi connectivity index (χ4n) is 1.40. The first-order valence-electron chi connectivity index (χ1n) is 5.99. The minimum atomic E-state index is 0.503. The molecule has 0 amide bonds. The molecule has 1 aromatic heterocycles. The van der Waals surface area contributed by atoms with Gasteiger partial charge < -0.3 is 5.32 Å². The summed E-state index contributed by atoms with van der Waals surface area (Å²) in [6, 6.07) is 5.40. The van der Waals surface area contributed by atoms with Crippen molar-refractivity contribution in [2.45, 2.75) is 23.3 Å². The van der Waals surface area contributed by atoms with Crippen molar-refractivity contribution in [3.05, 3.63) is 39.5 Å². The highest BCUT2D eigenvalue weighted by Gasteiger charge is 2.08. The highest BCUT2D eigenvalue weighted by molar-refractivity contribution is 7.99.